The van der Waals surface area contributed by atoms with Crippen molar-refractivity contribution in [2.24, 2.45) is 0 Å². The molecule has 8 heteroatoms. The van der Waals surface area contributed by atoms with Crippen molar-refractivity contribution in [1.82, 2.24) is 10.1 Å². The zero-order chi connectivity index (χ0) is 26.8. The highest BCUT2D eigenvalue weighted by Crippen LogP contribution is 2.46. The summed E-state index contributed by atoms with van der Waals surface area (Å²) < 4.78 is 11.5. The van der Waals surface area contributed by atoms with Crippen molar-refractivity contribution in [3.8, 4) is 17.0 Å². The molecule has 0 spiro atoms. The van der Waals surface area contributed by atoms with Crippen LogP contribution in [0.4, 0.5) is 5.69 Å². The van der Waals surface area contributed by atoms with E-state index >= 15 is 0 Å². The number of carbonyl (C=O) groups is 1. The van der Waals surface area contributed by atoms with Gasteiger partial charge in [0.05, 0.1) is 23.3 Å². The Morgan fingerprint density at radius 2 is 1.97 bits per heavy atom. The smallest absolute Gasteiger partial charge is 0.335 e. The number of methoxy groups -OCH3 is 1. The van der Waals surface area contributed by atoms with Gasteiger partial charge in [0.1, 0.15) is 17.2 Å². The quantitative estimate of drug-likeness (QED) is 0.334. The van der Waals surface area contributed by atoms with Crippen LogP contribution < -0.4 is 9.64 Å². The second kappa shape index (κ2) is 11.2. The molecule has 1 saturated heterocycles. The van der Waals surface area contributed by atoms with E-state index in [1.807, 2.05) is 37.3 Å². The molecule has 200 valence electrons. The summed E-state index contributed by atoms with van der Waals surface area (Å²) in [4.78, 5) is 16.4. The molecule has 1 saturated carbocycles. The van der Waals surface area contributed by atoms with Crippen molar-refractivity contribution in [3.63, 3.8) is 0 Å². The molecule has 1 N–H and O–H groups in total. The number of ether oxygens (including phenoxy) is 1. The van der Waals surface area contributed by atoms with Crippen molar-refractivity contribution in [1.29, 1.82) is 0 Å². The molecule has 2 heterocycles. The molecule has 5 rings (SSSR count). The number of halogens is 1. The van der Waals surface area contributed by atoms with Gasteiger partial charge in [-0.25, -0.2) is 4.79 Å². The zero-order valence-corrected chi connectivity index (χ0v) is 22.9. The molecule has 1 aliphatic heterocycles. The van der Waals surface area contributed by atoms with E-state index in [9.17, 15) is 9.90 Å². The molecule has 0 bridgehead atoms. The van der Waals surface area contributed by atoms with Gasteiger partial charge in [0.25, 0.3) is 0 Å². The van der Waals surface area contributed by atoms with Crippen LogP contribution in [-0.2, 0) is 11.2 Å². The van der Waals surface area contributed by atoms with E-state index in [1.54, 1.807) is 20.1 Å². The minimum absolute atomic E-state index is 0.340. The molecular weight excluding hydrogens is 502 g/mol. The molecule has 2 fully saturated rings. The number of aliphatic carboxylic acids is 1. The van der Waals surface area contributed by atoms with Gasteiger partial charge in [-0.15, -0.1) is 0 Å². The third-order valence-electron chi connectivity index (χ3n) is 7.63. The number of hydrogen-bond acceptors (Lipinski definition) is 6. The van der Waals surface area contributed by atoms with Crippen LogP contribution in [0.5, 0.6) is 5.75 Å². The van der Waals surface area contributed by atoms with Crippen LogP contribution in [-0.4, -0.2) is 61.0 Å². The largest absolute Gasteiger partial charge is 0.496 e. The molecule has 0 amide bonds. The number of rotatable bonds is 9. The van der Waals surface area contributed by atoms with Crippen molar-refractivity contribution in [3.05, 3.63) is 69.9 Å². The molecule has 7 nitrogen and oxygen atoms in total. The highest BCUT2D eigenvalue weighted by Gasteiger charge is 2.34. The molecule has 0 unspecified atom stereocenters. The first-order chi connectivity index (χ1) is 18.4. The van der Waals surface area contributed by atoms with Crippen molar-refractivity contribution >= 4 is 28.8 Å². The summed E-state index contributed by atoms with van der Waals surface area (Å²) in [6.07, 6.45) is 4.77. The van der Waals surface area contributed by atoms with Gasteiger partial charge in [0.2, 0.25) is 0 Å². The monoisotopic (exact) mass is 535 g/mol. The average molecular weight is 536 g/mol. The fourth-order valence-electron chi connectivity index (χ4n) is 5.37. The number of aromatic nitrogens is 1. The highest BCUT2D eigenvalue weighted by atomic mass is 35.5. The minimum atomic E-state index is -0.897. The Morgan fingerprint density at radius 1 is 1.21 bits per heavy atom. The molecule has 2 aromatic carbocycles. The Kier molecular flexibility index (Phi) is 7.77. The number of piperazine rings is 1. The number of nitrogens with zero attached hydrogens (tertiary/aromatic N) is 3. The molecular formula is C30H34ClN3O4. The lowest BCUT2D eigenvalue weighted by Gasteiger charge is -2.36. The second-order valence-corrected chi connectivity index (χ2v) is 10.5. The topological polar surface area (TPSA) is 79.0 Å². The predicted octanol–water partition coefficient (Wildman–Crippen LogP) is 6.04. The zero-order valence-electron chi connectivity index (χ0n) is 22.2. The maximum Gasteiger partial charge on any atom is 0.335 e. The fraction of sp³-hybridized carbons (Fsp3) is 0.400. The minimum Gasteiger partial charge on any atom is -0.496 e. The Labute approximate surface area is 228 Å². The van der Waals surface area contributed by atoms with Gasteiger partial charge in [0, 0.05) is 49.9 Å². The Morgan fingerprint density at radius 3 is 2.61 bits per heavy atom. The fourth-order valence-corrected chi connectivity index (χ4v) is 5.63. The first-order valence-electron chi connectivity index (χ1n) is 13.2. The van der Waals surface area contributed by atoms with Crippen LogP contribution in [0, 0.1) is 6.92 Å². The lowest BCUT2D eigenvalue weighted by molar-refractivity contribution is -0.130. The van der Waals surface area contributed by atoms with E-state index in [0.717, 1.165) is 91.4 Å². The van der Waals surface area contributed by atoms with E-state index in [-0.39, 0.29) is 0 Å². The van der Waals surface area contributed by atoms with E-state index in [2.05, 4.69) is 21.0 Å². The van der Waals surface area contributed by atoms with Gasteiger partial charge >= 0.3 is 5.97 Å². The normalized spacial score (nSPS) is 16.6. The van der Waals surface area contributed by atoms with Gasteiger partial charge in [-0.2, -0.15) is 0 Å². The van der Waals surface area contributed by atoms with Crippen LogP contribution >= 0.6 is 11.6 Å². The van der Waals surface area contributed by atoms with Gasteiger partial charge < -0.3 is 19.3 Å². The summed E-state index contributed by atoms with van der Waals surface area (Å²) in [5, 5.41) is 14.6. The summed E-state index contributed by atoms with van der Waals surface area (Å²) >= 11 is 6.59. The first-order valence-corrected chi connectivity index (χ1v) is 13.6. The van der Waals surface area contributed by atoms with E-state index in [1.165, 1.54) is 0 Å². The number of aryl methyl sites for hydroxylation is 1. The van der Waals surface area contributed by atoms with Gasteiger partial charge in [-0.05, 0) is 68.5 Å². The number of anilines is 1. The van der Waals surface area contributed by atoms with Crippen LogP contribution in [0.1, 0.15) is 48.1 Å². The van der Waals surface area contributed by atoms with Crippen molar-refractivity contribution < 1.29 is 19.2 Å². The van der Waals surface area contributed by atoms with E-state index < -0.39 is 5.97 Å². The van der Waals surface area contributed by atoms with Gasteiger partial charge in [-0.1, -0.05) is 35.0 Å². The first kappa shape index (κ1) is 26.3. The molecule has 2 aliphatic rings. The molecule has 1 aliphatic carbocycles. The lowest BCUT2D eigenvalue weighted by atomic mass is 9.99. The maximum atomic E-state index is 11.6. The molecule has 1 aromatic heterocycles. The standard InChI is InChI=1S/C30H34ClN3O4/c1-4-22(30(35)36)23-11-10-21(18-19(23)2)34-16-14-33(15-17-34)13-12-24-28(32-38-29(24)20-8-9-20)27-25(31)6-5-7-26(27)37-3/h4-7,10-11,18,20H,8-9,12-17H2,1-3H3,(H,35,36)/b22-4+. The third-order valence-corrected chi connectivity index (χ3v) is 7.95. The summed E-state index contributed by atoms with van der Waals surface area (Å²) in [5.41, 5.74) is 5.96. The lowest BCUT2D eigenvalue weighted by Crippen LogP contribution is -2.47. The number of carboxylic acid groups (broad SMARTS) is 1. The summed E-state index contributed by atoms with van der Waals surface area (Å²) in [6, 6.07) is 11.7. The van der Waals surface area contributed by atoms with Crippen LogP contribution in [0.15, 0.2) is 47.0 Å². The summed E-state index contributed by atoms with van der Waals surface area (Å²) in [7, 11) is 1.65. The molecule has 0 atom stereocenters. The Hall–Kier alpha value is -3.29. The SMILES string of the molecule is C/C=C(/C(=O)O)c1ccc(N2CCN(CCc3c(-c4c(Cl)cccc4OC)noc3C3CC3)CC2)cc1C. The summed E-state index contributed by atoms with van der Waals surface area (Å²) in [6.45, 7) is 8.38. The number of allylic oxidation sites excluding steroid dienone is 1. The predicted molar refractivity (Wildman–Crippen MR) is 150 cm³/mol. The second-order valence-electron chi connectivity index (χ2n) is 10.1. The van der Waals surface area contributed by atoms with Crippen LogP contribution in [0.3, 0.4) is 0 Å². The molecule has 38 heavy (non-hydrogen) atoms. The van der Waals surface area contributed by atoms with Crippen LogP contribution in [0.2, 0.25) is 5.02 Å². The van der Waals surface area contributed by atoms with Crippen molar-refractivity contribution in [2.75, 3.05) is 44.7 Å². The Bertz CT molecular complexity index is 1350. The number of carboxylic acids is 1. The van der Waals surface area contributed by atoms with Crippen LogP contribution in [0.25, 0.3) is 16.8 Å². The molecule has 3 aromatic rings. The number of hydrogen-bond donors (Lipinski definition) is 1. The van der Waals surface area contributed by atoms with E-state index in [4.69, 9.17) is 20.9 Å². The maximum absolute atomic E-state index is 11.6. The van der Waals surface area contributed by atoms with Gasteiger partial charge in [0.15, 0.2) is 0 Å². The third kappa shape index (κ3) is 5.31. The average Bonchev–Trinajstić information content (AvgIpc) is 3.68. The Balaban J connectivity index is 1.26. The highest BCUT2D eigenvalue weighted by molar-refractivity contribution is 6.33. The van der Waals surface area contributed by atoms with E-state index in [0.29, 0.717) is 22.3 Å². The number of benzene rings is 2. The molecule has 0 radical (unpaired) electrons. The van der Waals surface area contributed by atoms with Crippen molar-refractivity contribution in [2.45, 2.75) is 39.0 Å². The summed E-state index contributed by atoms with van der Waals surface area (Å²) in [5.74, 6) is 1.25. The van der Waals surface area contributed by atoms with Gasteiger partial charge in [-0.3, -0.25) is 4.90 Å².